The quantitative estimate of drug-likeness (QED) is 0.903. The molecule has 0 saturated carbocycles. The van der Waals surface area contributed by atoms with Gasteiger partial charge in [0.2, 0.25) is 5.91 Å². The van der Waals surface area contributed by atoms with Crippen LogP contribution < -0.4 is 5.32 Å². The number of carbonyl (C=O) groups is 1. The molecule has 0 aliphatic heterocycles. The van der Waals surface area contributed by atoms with Gasteiger partial charge in [-0.2, -0.15) is 0 Å². The standard InChI is InChI=1S/C14H21NO3S/c1-10(2)12-7-5-6-11(3)14(12)15-13(16)8-9-19(4,17)18/h5-7,10H,8-9H2,1-4H3,(H,15,16). The third-order valence-electron chi connectivity index (χ3n) is 2.89. The Bertz CT molecular complexity index is 562. The number of para-hydroxylation sites is 1. The molecule has 0 aromatic heterocycles. The monoisotopic (exact) mass is 283 g/mol. The van der Waals surface area contributed by atoms with Crippen molar-refractivity contribution in [3.63, 3.8) is 0 Å². The lowest BCUT2D eigenvalue weighted by molar-refractivity contribution is -0.115. The molecule has 0 aliphatic carbocycles. The number of anilines is 1. The minimum atomic E-state index is -3.11. The number of sulfone groups is 1. The number of aryl methyl sites for hydroxylation is 1. The predicted molar refractivity (Wildman–Crippen MR) is 78.2 cm³/mol. The zero-order chi connectivity index (χ0) is 14.6. The largest absolute Gasteiger partial charge is 0.326 e. The summed E-state index contributed by atoms with van der Waals surface area (Å²) in [5, 5.41) is 2.83. The maximum absolute atomic E-state index is 11.8. The summed E-state index contributed by atoms with van der Waals surface area (Å²) >= 11 is 0. The van der Waals surface area contributed by atoms with E-state index in [1.165, 1.54) is 0 Å². The minimum Gasteiger partial charge on any atom is -0.326 e. The highest BCUT2D eigenvalue weighted by Crippen LogP contribution is 2.27. The average molecular weight is 283 g/mol. The van der Waals surface area contributed by atoms with Crippen molar-refractivity contribution in [1.29, 1.82) is 0 Å². The first-order chi connectivity index (χ1) is 8.70. The maximum atomic E-state index is 11.8. The zero-order valence-electron chi connectivity index (χ0n) is 11.9. The van der Waals surface area contributed by atoms with Gasteiger partial charge >= 0.3 is 0 Å². The average Bonchev–Trinajstić information content (AvgIpc) is 2.28. The lowest BCUT2D eigenvalue weighted by atomic mass is 9.98. The van der Waals surface area contributed by atoms with Gasteiger partial charge in [0.25, 0.3) is 0 Å². The van der Waals surface area contributed by atoms with Gasteiger partial charge in [-0.05, 0) is 24.0 Å². The van der Waals surface area contributed by atoms with Crippen LogP contribution in [0.15, 0.2) is 18.2 Å². The molecule has 1 amide bonds. The molecule has 1 aromatic carbocycles. The van der Waals surface area contributed by atoms with Gasteiger partial charge in [0.15, 0.2) is 0 Å². The van der Waals surface area contributed by atoms with E-state index in [-0.39, 0.29) is 18.1 Å². The summed E-state index contributed by atoms with van der Waals surface area (Å²) in [5.74, 6) is -0.0893. The van der Waals surface area contributed by atoms with Crippen LogP contribution in [0.1, 0.15) is 37.3 Å². The Kier molecular flexibility index (Phi) is 5.11. The van der Waals surface area contributed by atoms with Crippen LogP contribution in [0.4, 0.5) is 5.69 Å². The van der Waals surface area contributed by atoms with E-state index in [1.807, 2.05) is 25.1 Å². The number of benzene rings is 1. The van der Waals surface area contributed by atoms with Crippen molar-refractivity contribution in [2.75, 3.05) is 17.3 Å². The van der Waals surface area contributed by atoms with Crippen LogP contribution in [-0.4, -0.2) is 26.3 Å². The second kappa shape index (κ2) is 6.19. The summed E-state index contributed by atoms with van der Waals surface area (Å²) in [6.45, 7) is 6.04. The highest BCUT2D eigenvalue weighted by Gasteiger charge is 2.13. The van der Waals surface area contributed by atoms with E-state index in [0.717, 1.165) is 23.1 Å². The van der Waals surface area contributed by atoms with Gasteiger partial charge in [0, 0.05) is 18.4 Å². The topological polar surface area (TPSA) is 63.2 Å². The van der Waals surface area contributed by atoms with Crippen molar-refractivity contribution in [2.24, 2.45) is 0 Å². The molecule has 0 fully saturated rings. The molecule has 0 heterocycles. The van der Waals surface area contributed by atoms with E-state index in [1.54, 1.807) is 0 Å². The second-order valence-corrected chi connectivity index (χ2v) is 7.38. The third kappa shape index (κ3) is 5.03. The Morgan fingerprint density at radius 2 is 1.95 bits per heavy atom. The molecule has 1 rings (SSSR count). The van der Waals surface area contributed by atoms with E-state index >= 15 is 0 Å². The zero-order valence-corrected chi connectivity index (χ0v) is 12.7. The number of amides is 1. The lowest BCUT2D eigenvalue weighted by Crippen LogP contribution is -2.18. The van der Waals surface area contributed by atoms with Gasteiger partial charge in [-0.1, -0.05) is 32.0 Å². The molecule has 0 aliphatic rings. The van der Waals surface area contributed by atoms with E-state index in [9.17, 15) is 13.2 Å². The fraction of sp³-hybridized carbons (Fsp3) is 0.500. The van der Waals surface area contributed by atoms with Gasteiger partial charge in [0.05, 0.1) is 5.75 Å². The first-order valence-corrected chi connectivity index (χ1v) is 8.34. The summed E-state index contributed by atoms with van der Waals surface area (Å²) < 4.78 is 22.1. The van der Waals surface area contributed by atoms with Crippen LogP contribution in [0.3, 0.4) is 0 Å². The molecule has 106 valence electrons. The second-order valence-electron chi connectivity index (χ2n) is 5.12. The number of hydrogen-bond donors (Lipinski definition) is 1. The molecule has 0 saturated heterocycles. The van der Waals surface area contributed by atoms with Crippen LogP contribution in [0.5, 0.6) is 0 Å². The molecule has 0 spiro atoms. The molecule has 0 atom stereocenters. The smallest absolute Gasteiger partial charge is 0.225 e. The summed E-state index contributed by atoms with van der Waals surface area (Å²) in [6.07, 6.45) is 1.12. The maximum Gasteiger partial charge on any atom is 0.225 e. The van der Waals surface area contributed by atoms with Gasteiger partial charge in [-0.3, -0.25) is 4.79 Å². The van der Waals surface area contributed by atoms with Gasteiger partial charge in [-0.15, -0.1) is 0 Å². The number of hydrogen-bond acceptors (Lipinski definition) is 3. The highest BCUT2D eigenvalue weighted by molar-refractivity contribution is 7.90. The fourth-order valence-corrected chi connectivity index (χ4v) is 2.38. The van der Waals surface area contributed by atoms with E-state index in [4.69, 9.17) is 0 Å². The van der Waals surface area contributed by atoms with Crippen LogP contribution in [-0.2, 0) is 14.6 Å². The molecule has 1 N–H and O–H groups in total. The van der Waals surface area contributed by atoms with E-state index < -0.39 is 9.84 Å². The molecule has 4 nitrogen and oxygen atoms in total. The summed E-state index contributed by atoms with van der Waals surface area (Å²) in [5.41, 5.74) is 2.85. The van der Waals surface area contributed by atoms with Crippen molar-refractivity contribution in [1.82, 2.24) is 0 Å². The Labute approximate surface area is 115 Å². The van der Waals surface area contributed by atoms with Crippen molar-refractivity contribution in [2.45, 2.75) is 33.1 Å². The lowest BCUT2D eigenvalue weighted by Gasteiger charge is -2.16. The fourth-order valence-electron chi connectivity index (χ4n) is 1.82. The van der Waals surface area contributed by atoms with Gasteiger partial charge in [-0.25, -0.2) is 8.42 Å². The first-order valence-electron chi connectivity index (χ1n) is 6.28. The molecular weight excluding hydrogens is 262 g/mol. The normalized spacial score (nSPS) is 11.6. The first kappa shape index (κ1) is 15.7. The van der Waals surface area contributed by atoms with Crippen molar-refractivity contribution in [3.8, 4) is 0 Å². The summed E-state index contributed by atoms with van der Waals surface area (Å²) in [4.78, 5) is 11.8. The molecule has 19 heavy (non-hydrogen) atoms. The molecular formula is C14H21NO3S. The van der Waals surface area contributed by atoms with Crippen molar-refractivity contribution < 1.29 is 13.2 Å². The van der Waals surface area contributed by atoms with Crippen LogP contribution in [0, 0.1) is 6.92 Å². The Hall–Kier alpha value is -1.36. The number of nitrogens with one attached hydrogen (secondary N) is 1. The molecule has 0 bridgehead atoms. The van der Waals surface area contributed by atoms with Crippen molar-refractivity contribution in [3.05, 3.63) is 29.3 Å². The molecule has 0 radical (unpaired) electrons. The number of rotatable bonds is 5. The highest BCUT2D eigenvalue weighted by atomic mass is 32.2. The Morgan fingerprint density at radius 3 is 2.47 bits per heavy atom. The number of carbonyl (C=O) groups excluding carboxylic acids is 1. The Balaban J connectivity index is 2.85. The SMILES string of the molecule is Cc1cccc(C(C)C)c1NC(=O)CCS(C)(=O)=O. The summed E-state index contributed by atoms with van der Waals surface area (Å²) in [6, 6.07) is 5.86. The molecule has 5 heteroatoms. The van der Waals surface area contributed by atoms with Crippen molar-refractivity contribution >= 4 is 21.4 Å². The van der Waals surface area contributed by atoms with Gasteiger partial charge in [0.1, 0.15) is 9.84 Å². The summed E-state index contributed by atoms with van der Waals surface area (Å²) in [7, 11) is -3.11. The van der Waals surface area contributed by atoms with Crippen LogP contribution in [0.25, 0.3) is 0 Å². The predicted octanol–water partition coefficient (Wildman–Crippen LogP) is 2.49. The van der Waals surface area contributed by atoms with E-state index in [2.05, 4.69) is 19.2 Å². The van der Waals surface area contributed by atoms with E-state index in [0.29, 0.717) is 5.92 Å². The minimum absolute atomic E-state index is 0.00922. The van der Waals surface area contributed by atoms with Crippen LogP contribution in [0.2, 0.25) is 0 Å². The Morgan fingerprint density at radius 1 is 1.32 bits per heavy atom. The molecule has 0 unspecified atom stereocenters. The van der Waals surface area contributed by atoms with Crippen LogP contribution >= 0.6 is 0 Å². The molecule has 1 aromatic rings. The van der Waals surface area contributed by atoms with Gasteiger partial charge < -0.3 is 5.32 Å². The third-order valence-corrected chi connectivity index (χ3v) is 3.84.